The standard InChI is InChI=1S/C23H28N4O2/c1-6-27(7-2)19-11-12-20(16(3)13-19)26-22(29)23(4,5)21(28)25-18-10-8-9-17(14-18)15-24/h8-14H,6-7H2,1-5H3,(H,25,28)(H,26,29). The number of rotatable bonds is 7. The summed E-state index contributed by atoms with van der Waals surface area (Å²) in [6, 6.07) is 14.5. The number of hydrogen-bond donors (Lipinski definition) is 2. The van der Waals surface area contributed by atoms with Crippen LogP contribution in [0.1, 0.15) is 38.8 Å². The smallest absolute Gasteiger partial charge is 0.239 e. The number of aryl methyl sites for hydroxylation is 1. The molecule has 2 aromatic rings. The van der Waals surface area contributed by atoms with Gasteiger partial charge in [0.25, 0.3) is 0 Å². The van der Waals surface area contributed by atoms with E-state index < -0.39 is 17.2 Å². The zero-order valence-corrected chi connectivity index (χ0v) is 17.7. The van der Waals surface area contributed by atoms with Gasteiger partial charge in [0.15, 0.2) is 0 Å². The molecule has 0 radical (unpaired) electrons. The van der Waals surface area contributed by atoms with E-state index in [1.165, 1.54) is 0 Å². The van der Waals surface area contributed by atoms with Crippen LogP contribution in [-0.4, -0.2) is 24.9 Å². The van der Waals surface area contributed by atoms with Gasteiger partial charge in [0.05, 0.1) is 11.6 Å². The predicted octanol–water partition coefficient (Wildman–Crippen LogP) is 4.32. The van der Waals surface area contributed by atoms with Gasteiger partial charge in [0.1, 0.15) is 5.41 Å². The van der Waals surface area contributed by atoms with Gasteiger partial charge in [-0.25, -0.2) is 0 Å². The summed E-state index contributed by atoms with van der Waals surface area (Å²) in [4.78, 5) is 27.8. The molecule has 0 aliphatic carbocycles. The number of hydrogen-bond acceptors (Lipinski definition) is 4. The van der Waals surface area contributed by atoms with Crippen LogP contribution < -0.4 is 15.5 Å². The van der Waals surface area contributed by atoms with Crippen LogP contribution in [0.15, 0.2) is 42.5 Å². The first-order chi connectivity index (χ1) is 13.7. The summed E-state index contributed by atoms with van der Waals surface area (Å²) in [5.74, 6) is -0.840. The van der Waals surface area contributed by atoms with E-state index in [2.05, 4.69) is 29.4 Å². The maximum absolute atomic E-state index is 12.8. The van der Waals surface area contributed by atoms with Crippen LogP contribution in [0.4, 0.5) is 17.1 Å². The van der Waals surface area contributed by atoms with E-state index in [0.717, 1.165) is 24.3 Å². The molecule has 6 nitrogen and oxygen atoms in total. The topological polar surface area (TPSA) is 85.2 Å². The third-order valence-corrected chi connectivity index (χ3v) is 4.97. The molecule has 0 aromatic heterocycles. The number of nitrogens with one attached hydrogen (secondary N) is 2. The molecule has 0 spiro atoms. The van der Waals surface area contributed by atoms with Crippen LogP contribution in [0.3, 0.4) is 0 Å². The molecule has 2 amide bonds. The molecule has 0 atom stereocenters. The quantitative estimate of drug-likeness (QED) is 0.687. The Kier molecular flexibility index (Phi) is 7.00. The molecule has 0 bridgehead atoms. The van der Waals surface area contributed by atoms with E-state index >= 15 is 0 Å². The minimum atomic E-state index is -1.30. The van der Waals surface area contributed by atoms with Gasteiger partial charge in [-0.1, -0.05) is 6.07 Å². The number of anilines is 3. The van der Waals surface area contributed by atoms with E-state index in [4.69, 9.17) is 5.26 Å². The highest BCUT2D eigenvalue weighted by Gasteiger charge is 2.36. The Balaban J connectivity index is 2.14. The Hall–Kier alpha value is -3.33. The summed E-state index contributed by atoms with van der Waals surface area (Å²) in [5, 5.41) is 14.6. The SMILES string of the molecule is CCN(CC)c1ccc(NC(=O)C(C)(C)C(=O)Nc2cccc(C#N)c2)c(C)c1. The van der Waals surface area contributed by atoms with Gasteiger partial charge in [0, 0.05) is 30.2 Å². The van der Waals surface area contributed by atoms with Crippen LogP contribution in [-0.2, 0) is 9.59 Å². The normalized spacial score (nSPS) is 10.8. The Bertz CT molecular complexity index is 940. The summed E-state index contributed by atoms with van der Waals surface area (Å²) in [5.41, 5.74) is 2.33. The lowest BCUT2D eigenvalue weighted by Crippen LogP contribution is -2.41. The zero-order valence-electron chi connectivity index (χ0n) is 17.7. The van der Waals surface area contributed by atoms with Crippen LogP contribution >= 0.6 is 0 Å². The molecule has 6 heteroatoms. The second-order valence-corrected chi connectivity index (χ2v) is 7.40. The van der Waals surface area contributed by atoms with Gasteiger partial charge in [-0.15, -0.1) is 0 Å². The van der Waals surface area contributed by atoms with Crippen molar-refractivity contribution in [2.45, 2.75) is 34.6 Å². The second kappa shape index (κ2) is 9.24. The van der Waals surface area contributed by atoms with Gasteiger partial charge in [-0.05, 0) is 76.6 Å². The number of nitrogens with zero attached hydrogens (tertiary/aromatic N) is 2. The molecule has 152 valence electrons. The van der Waals surface area contributed by atoms with Crippen molar-refractivity contribution in [3.05, 3.63) is 53.6 Å². The van der Waals surface area contributed by atoms with Crippen LogP contribution in [0.25, 0.3) is 0 Å². The minimum Gasteiger partial charge on any atom is -0.372 e. The molecule has 0 aliphatic heterocycles. The number of nitriles is 1. The monoisotopic (exact) mass is 392 g/mol. The summed E-state index contributed by atoms with van der Waals surface area (Å²) in [6.07, 6.45) is 0. The Morgan fingerprint density at radius 1 is 1.03 bits per heavy atom. The second-order valence-electron chi connectivity index (χ2n) is 7.40. The molecule has 2 rings (SSSR count). The molecule has 0 unspecified atom stereocenters. The van der Waals surface area contributed by atoms with E-state index in [1.54, 1.807) is 38.1 Å². The maximum atomic E-state index is 12.8. The largest absolute Gasteiger partial charge is 0.372 e. The summed E-state index contributed by atoms with van der Waals surface area (Å²) < 4.78 is 0. The first-order valence-electron chi connectivity index (χ1n) is 9.71. The molecule has 0 fully saturated rings. The molecule has 0 saturated heterocycles. The average Bonchev–Trinajstić information content (AvgIpc) is 2.70. The van der Waals surface area contributed by atoms with E-state index in [9.17, 15) is 9.59 Å². The highest BCUT2D eigenvalue weighted by atomic mass is 16.2. The molecule has 2 N–H and O–H groups in total. The predicted molar refractivity (Wildman–Crippen MR) is 117 cm³/mol. The van der Waals surface area contributed by atoms with Crippen molar-refractivity contribution in [1.29, 1.82) is 5.26 Å². The summed E-state index contributed by atoms with van der Waals surface area (Å²) in [6.45, 7) is 11.1. The van der Waals surface area contributed by atoms with E-state index in [-0.39, 0.29) is 0 Å². The molecule has 0 aliphatic rings. The van der Waals surface area contributed by atoms with Gasteiger partial charge >= 0.3 is 0 Å². The van der Waals surface area contributed by atoms with Crippen LogP contribution in [0.2, 0.25) is 0 Å². The lowest BCUT2D eigenvalue weighted by Gasteiger charge is -2.25. The number of carbonyl (C=O) groups is 2. The zero-order chi connectivity index (χ0) is 21.6. The van der Waals surface area contributed by atoms with Crippen molar-refractivity contribution in [3.8, 4) is 6.07 Å². The summed E-state index contributed by atoms with van der Waals surface area (Å²) in [7, 11) is 0. The van der Waals surface area contributed by atoms with Crippen molar-refractivity contribution in [2.24, 2.45) is 5.41 Å². The maximum Gasteiger partial charge on any atom is 0.239 e. The number of benzene rings is 2. The van der Waals surface area contributed by atoms with Crippen molar-refractivity contribution in [2.75, 3.05) is 28.6 Å². The summed E-state index contributed by atoms with van der Waals surface area (Å²) >= 11 is 0. The van der Waals surface area contributed by atoms with Gasteiger partial charge in [-0.3, -0.25) is 9.59 Å². The van der Waals surface area contributed by atoms with Gasteiger partial charge < -0.3 is 15.5 Å². The molecular formula is C23H28N4O2. The number of amides is 2. The van der Waals surface area contributed by atoms with Gasteiger partial charge in [0.2, 0.25) is 11.8 Å². The molecule has 0 saturated carbocycles. The van der Waals surface area contributed by atoms with E-state index in [1.807, 2.05) is 31.2 Å². The number of carbonyl (C=O) groups excluding carboxylic acids is 2. The fraction of sp³-hybridized carbons (Fsp3) is 0.348. The Morgan fingerprint density at radius 2 is 1.69 bits per heavy atom. The molecule has 0 heterocycles. The highest BCUT2D eigenvalue weighted by Crippen LogP contribution is 2.26. The third-order valence-electron chi connectivity index (χ3n) is 4.97. The van der Waals surface area contributed by atoms with Crippen molar-refractivity contribution in [1.82, 2.24) is 0 Å². The van der Waals surface area contributed by atoms with Crippen LogP contribution in [0.5, 0.6) is 0 Å². The van der Waals surface area contributed by atoms with Crippen molar-refractivity contribution >= 4 is 28.9 Å². The Labute approximate surface area is 172 Å². The first-order valence-corrected chi connectivity index (χ1v) is 9.71. The fourth-order valence-electron chi connectivity index (χ4n) is 2.91. The average molecular weight is 393 g/mol. The van der Waals surface area contributed by atoms with E-state index in [0.29, 0.717) is 16.9 Å². The highest BCUT2D eigenvalue weighted by molar-refractivity contribution is 6.14. The van der Waals surface area contributed by atoms with Crippen molar-refractivity contribution in [3.63, 3.8) is 0 Å². The van der Waals surface area contributed by atoms with Crippen LogP contribution in [0, 0.1) is 23.7 Å². The molecular weight excluding hydrogens is 364 g/mol. The molecule has 29 heavy (non-hydrogen) atoms. The fourth-order valence-corrected chi connectivity index (χ4v) is 2.91. The minimum absolute atomic E-state index is 0.398. The first kappa shape index (κ1) is 22.0. The lowest BCUT2D eigenvalue weighted by atomic mass is 9.90. The van der Waals surface area contributed by atoms with Gasteiger partial charge in [-0.2, -0.15) is 5.26 Å². The Morgan fingerprint density at radius 3 is 2.28 bits per heavy atom. The molecule has 2 aromatic carbocycles. The third kappa shape index (κ3) is 5.14. The van der Waals surface area contributed by atoms with Crippen molar-refractivity contribution < 1.29 is 9.59 Å². The lowest BCUT2D eigenvalue weighted by molar-refractivity contribution is -0.135.